The molecule has 2 aliphatic heterocycles. The summed E-state index contributed by atoms with van der Waals surface area (Å²) in [5, 5.41) is 25.0. The summed E-state index contributed by atoms with van der Waals surface area (Å²) in [6.45, 7) is 2.58. The normalized spacial score (nSPS) is 30.4. The van der Waals surface area contributed by atoms with Gasteiger partial charge in [-0.3, -0.25) is 9.78 Å². The van der Waals surface area contributed by atoms with E-state index < -0.39 is 29.1 Å². The molecule has 6 rings (SSSR count). The van der Waals surface area contributed by atoms with Gasteiger partial charge in [0.25, 0.3) is 0 Å². The maximum absolute atomic E-state index is 14.3. The minimum atomic E-state index is -2.00. The molecule has 2 fully saturated rings. The number of aromatic nitrogens is 1. The van der Waals surface area contributed by atoms with Gasteiger partial charge in [0.1, 0.15) is 17.6 Å². The lowest BCUT2D eigenvalue weighted by atomic mass is 9.70. The van der Waals surface area contributed by atoms with E-state index in [4.69, 9.17) is 9.47 Å². The van der Waals surface area contributed by atoms with Crippen LogP contribution < -0.4 is 9.47 Å². The monoisotopic (exact) mass is 579 g/mol. The third-order valence-electron chi connectivity index (χ3n) is 8.41. The number of methoxy groups -OCH3 is 1. The molecule has 198 valence electrons. The lowest BCUT2D eigenvalue weighted by Gasteiger charge is -2.41. The molecule has 1 saturated carbocycles. The largest absolute Gasteiger partial charge is 0.495 e. The maximum Gasteiger partial charge on any atom is 0.229 e. The van der Waals surface area contributed by atoms with Gasteiger partial charge in [-0.1, -0.05) is 58.4 Å². The standard InChI is InChI=1S/C29H30BrN3O5/c1-32-12-14-33(15-13-32)27(35)23-24(18-6-4-3-5-7-18)29(19-8-10-20(30)11-9-19)28(36,26(23)34)25-21(37-2)16-31-17-22(25)38-29/h3-11,16-17,23-24,26,34,36H,12-15H2,1-2H3/t23-,24?,26-,28+,29?/m1/s1. The first-order valence-electron chi connectivity index (χ1n) is 12.7. The van der Waals surface area contributed by atoms with Crippen molar-refractivity contribution in [2.75, 3.05) is 40.3 Å². The highest BCUT2D eigenvalue weighted by molar-refractivity contribution is 9.10. The third-order valence-corrected chi connectivity index (χ3v) is 8.94. The first kappa shape index (κ1) is 25.3. The van der Waals surface area contributed by atoms with Crippen LogP contribution in [-0.4, -0.2) is 77.3 Å². The Bertz CT molecular complexity index is 1350. The summed E-state index contributed by atoms with van der Waals surface area (Å²) in [4.78, 5) is 22.5. The van der Waals surface area contributed by atoms with Crippen LogP contribution in [0.15, 0.2) is 71.5 Å². The van der Waals surface area contributed by atoms with Gasteiger partial charge in [0, 0.05) is 36.6 Å². The van der Waals surface area contributed by atoms with Crippen LogP contribution in [-0.2, 0) is 16.0 Å². The Hall–Kier alpha value is -2.98. The molecule has 2 aromatic carbocycles. The number of hydrogen-bond donors (Lipinski definition) is 2. The fraction of sp³-hybridized carbons (Fsp3) is 0.379. The Labute approximate surface area is 229 Å². The van der Waals surface area contributed by atoms with E-state index in [9.17, 15) is 15.0 Å². The fourth-order valence-electron chi connectivity index (χ4n) is 6.60. The molecule has 9 heteroatoms. The number of likely N-dealkylation sites (N-methyl/N-ethyl adjacent to an activating group) is 1. The number of amides is 1. The summed E-state index contributed by atoms with van der Waals surface area (Å²) in [5.74, 6) is -1.27. The summed E-state index contributed by atoms with van der Waals surface area (Å²) < 4.78 is 13.2. The number of carbonyl (C=O) groups excluding carboxylic acids is 1. The number of benzene rings is 2. The molecule has 1 aromatic heterocycles. The molecule has 0 radical (unpaired) electrons. The van der Waals surface area contributed by atoms with Crippen LogP contribution in [0.3, 0.4) is 0 Å². The number of aliphatic hydroxyl groups excluding tert-OH is 1. The van der Waals surface area contributed by atoms with Crippen LogP contribution in [0, 0.1) is 5.92 Å². The molecule has 3 aromatic rings. The Kier molecular flexibility index (Phi) is 6.22. The number of piperazine rings is 1. The van der Waals surface area contributed by atoms with Crippen molar-refractivity contribution >= 4 is 21.8 Å². The van der Waals surface area contributed by atoms with E-state index >= 15 is 0 Å². The van der Waals surface area contributed by atoms with Gasteiger partial charge in [-0.15, -0.1) is 0 Å². The van der Waals surface area contributed by atoms with E-state index in [2.05, 4.69) is 25.8 Å². The molecule has 38 heavy (non-hydrogen) atoms. The summed E-state index contributed by atoms with van der Waals surface area (Å²) in [6.07, 6.45) is 1.54. The van der Waals surface area contributed by atoms with Crippen molar-refractivity contribution in [2.24, 2.45) is 5.92 Å². The Morgan fingerprint density at radius 3 is 2.42 bits per heavy atom. The smallest absolute Gasteiger partial charge is 0.229 e. The van der Waals surface area contributed by atoms with Crippen molar-refractivity contribution in [3.8, 4) is 11.5 Å². The van der Waals surface area contributed by atoms with Crippen LogP contribution >= 0.6 is 15.9 Å². The second-order valence-corrected chi connectivity index (χ2v) is 11.2. The van der Waals surface area contributed by atoms with Gasteiger partial charge in [-0.2, -0.15) is 0 Å². The zero-order valence-electron chi connectivity index (χ0n) is 21.3. The van der Waals surface area contributed by atoms with E-state index in [1.54, 1.807) is 4.90 Å². The van der Waals surface area contributed by atoms with Crippen molar-refractivity contribution < 1.29 is 24.5 Å². The van der Waals surface area contributed by atoms with Crippen molar-refractivity contribution in [3.63, 3.8) is 0 Å². The first-order valence-corrected chi connectivity index (χ1v) is 13.5. The fourth-order valence-corrected chi connectivity index (χ4v) is 6.87. The zero-order chi connectivity index (χ0) is 26.7. The minimum absolute atomic E-state index is 0.197. The number of halogens is 1. The number of hydrogen-bond acceptors (Lipinski definition) is 7. The third kappa shape index (κ3) is 3.45. The molecule has 2 N–H and O–H groups in total. The number of aliphatic hydroxyl groups is 2. The van der Waals surface area contributed by atoms with E-state index in [1.165, 1.54) is 19.5 Å². The summed E-state index contributed by atoms with van der Waals surface area (Å²) in [6, 6.07) is 17.0. The molecule has 1 amide bonds. The van der Waals surface area contributed by atoms with Crippen LogP contribution in [0.25, 0.3) is 0 Å². The topological polar surface area (TPSA) is 95.4 Å². The van der Waals surface area contributed by atoms with Crippen LogP contribution in [0.5, 0.6) is 11.5 Å². The van der Waals surface area contributed by atoms with Gasteiger partial charge in [0.2, 0.25) is 5.91 Å². The Morgan fingerprint density at radius 2 is 1.76 bits per heavy atom. The molecule has 0 spiro atoms. The van der Waals surface area contributed by atoms with Gasteiger partial charge >= 0.3 is 0 Å². The summed E-state index contributed by atoms with van der Waals surface area (Å²) in [5.41, 5.74) is -1.79. The Balaban J connectivity index is 1.62. The average molecular weight is 580 g/mol. The minimum Gasteiger partial charge on any atom is -0.495 e. The molecule has 1 aliphatic carbocycles. The van der Waals surface area contributed by atoms with Crippen molar-refractivity contribution in [1.82, 2.24) is 14.8 Å². The highest BCUT2D eigenvalue weighted by Gasteiger charge is 2.78. The van der Waals surface area contributed by atoms with E-state index in [0.717, 1.165) is 23.1 Å². The molecular weight excluding hydrogens is 550 g/mol. The first-order chi connectivity index (χ1) is 18.3. The van der Waals surface area contributed by atoms with Gasteiger partial charge in [-0.25, -0.2) is 0 Å². The lowest BCUT2D eigenvalue weighted by Crippen LogP contribution is -2.52. The van der Waals surface area contributed by atoms with Gasteiger partial charge in [0.05, 0.1) is 31.0 Å². The number of carbonyl (C=O) groups is 1. The number of ether oxygens (including phenoxy) is 2. The molecule has 5 atom stereocenters. The number of pyridine rings is 1. The van der Waals surface area contributed by atoms with Crippen LogP contribution in [0.4, 0.5) is 0 Å². The molecule has 2 unspecified atom stereocenters. The highest BCUT2D eigenvalue weighted by Crippen LogP contribution is 2.69. The van der Waals surface area contributed by atoms with Gasteiger partial charge in [0.15, 0.2) is 11.2 Å². The van der Waals surface area contributed by atoms with Crippen LogP contribution in [0.2, 0.25) is 0 Å². The maximum atomic E-state index is 14.3. The van der Waals surface area contributed by atoms with Crippen molar-refractivity contribution in [2.45, 2.75) is 23.2 Å². The zero-order valence-corrected chi connectivity index (χ0v) is 22.8. The van der Waals surface area contributed by atoms with E-state index in [-0.39, 0.29) is 5.91 Å². The van der Waals surface area contributed by atoms with Crippen LogP contribution in [0.1, 0.15) is 22.6 Å². The summed E-state index contributed by atoms with van der Waals surface area (Å²) >= 11 is 3.51. The predicted molar refractivity (Wildman–Crippen MR) is 144 cm³/mol. The average Bonchev–Trinajstić information content (AvgIpc) is 3.32. The van der Waals surface area contributed by atoms with Crippen molar-refractivity contribution in [3.05, 3.63) is 88.2 Å². The quantitative estimate of drug-likeness (QED) is 0.490. The molecule has 3 heterocycles. The molecular formula is C29H30BrN3O5. The highest BCUT2D eigenvalue weighted by atomic mass is 79.9. The molecule has 0 bridgehead atoms. The second-order valence-electron chi connectivity index (χ2n) is 10.3. The molecule has 3 aliphatic rings. The van der Waals surface area contributed by atoms with E-state index in [1.807, 2.05) is 61.6 Å². The predicted octanol–water partition coefficient (Wildman–Crippen LogP) is 2.88. The number of fused-ring (bicyclic) bond motifs is 3. The second kappa shape index (κ2) is 9.34. The Morgan fingerprint density at radius 1 is 1.08 bits per heavy atom. The SMILES string of the molecule is COc1cncc2c1[C@]1(O)[C@H](O)[C@H](C(=O)N3CCN(C)CC3)C(c3ccccc3)C1(c1ccc(Br)cc1)O2. The van der Waals surface area contributed by atoms with E-state index in [0.29, 0.717) is 35.7 Å². The summed E-state index contributed by atoms with van der Waals surface area (Å²) in [7, 11) is 3.52. The van der Waals surface area contributed by atoms with Crippen molar-refractivity contribution in [1.29, 1.82) is 0 Å². The van der Waals surface area contributed by atoms with Gasteiger partial charge < -0.3 is 29.5 Å². The number of nitrogens with zero attached hydrogens (tertiary/aromatic N) is 3. The molecule has 1 saturated heterocycles. The number of rotatable bonds is 4. The van der Waals surface area contributed by atoms with Gasteiger partial charge in [-0.05, 0) is 30.3 Å². The lowest BCUT2D eigenvalue weighted by molar-refractivity contribution is -0.157. The molecule has 8 nitrogen and oxygen atoms in total.